The minimum Gasteiger partial charge on any atom is -0.481 e. The summed E-state index contributed by atoms with van der Waals surface area (Å²) >= 11 is 0. The Morgan fingerprint density at radius 3 is 2.51 bits per heavy atom. The van der Waals surface area contributed by atoms with Gasteiger partial charge in [-0.1, -0.05) is 24.3 Å². The minimum absolute atomic E-state index is 0.0345. The van der Waals surface area contributed by atoms with Gasteiger partial charge in [-0.05, 0) is 41.0 Å². The van der Waals surface area contributed by atoms with Crippen LogP contribution in [0.15, 0.2) is 66.2 Å². The van der Waals surface area contributed by atoms with Gasteiger partial charge in [-0.25, -0.2) is 18.2 Å². The molecule has 0 fully saturated rings. The largest absolute Gasteiger partial charge is 0.481 e. The molecule has 7 nitrogen and oxygen atoms in total. The molecule has 0 radical (unpaired) electrons. The third-order valence-corrected chi connectivity index (χ3v) is 7.22. The van der Waals surface area contributed by atoms with Crippen molar-refractivity contribution in [2.75, 3.05) is 19.5 Å². The zero-order valence-corrected chi connectivity index (χ0v) is 21.7. The number of hydrogen-bond acceptors (Lipinski definition) is 6. The van der Waals surface area contributed by atoms with Crippen LogP contribution in [-0.2, 0) is 26.9 Å². The number of nitrogens with zero attached hydrogens (tertiary/aromatic N) is 3. The molecule has 0 N–H and O–H groups in total. The monoisotopic (exact) mass is 555 g/mol. The van der Waals surface area contributed by atoms with E-state index >= 15 is 4.39 Å². The van der Waals surface area contributed by atoms with Gasteiger partial charge < -0.3 is 14.4 Å². The summed E-state index contributed by atoms with van der Waals surface area (Å²) < 4.78 is 65.6. The molecule has 1 amide bonds. The fraction of sp³-hybridized carbons (Fsp3) is 0.250. The summed E-state index contributed by atoms with van der Waals surface area (Å²) in [4.78, 5) is 19.5. The SMILES string of the molecule is COc1cc(CN(C(=O)C(OCCC#N)c2ccc(-c3ccc(F)c(F)c3)cc2F)C2C=CS(=O)C2)ccn1. The topological polar surface area (TPSA) is 92.5 Å². The second-order valence-corrected chi connectivity index (χ2v) is 10.0. The van der Waals surface area contributed by atoms with E-state index in [0.29, 0.717) is 11.4 Å². The zero-order chi connectivity index (χ0) is 27.9. The van der Waals surface area contributed by atoms with Crippen LogP contribution in [0, 0.1) is 28.8 Å². The fourth-order valence-corrected chi connectivity index (χ4v) is 5.22. The molecule has 3 atom stereocenters. The molecule has 4 rings (SSSR count). The molecule has 0 saturated carbocycles. The summed E-state index contributed by atoms with van der Waals surface area (Å²) in [5, 5.41) is 10.5. The Kier molecular flexibility index (Phi) is 9.11. The van der Waals surface area contributed by atoms with Crippen molar-refractivity contribution in [1.82, 2.24) is 9.88 Å². The van der Waals surface area contributed by atoms with Gasteiger partial charge in [0.05, 0.1) is 38.0 Å². The maximum Gasteiger partial charge on any atom is 0.257 e. The summed E-state index contributed by atoms with van der Waals surface area (Å²) in [5.74, 6) is -3.00. The number of benzene rings is 2. The Morgan fingerprint density at radius 2 is 1.87 bits per heavy atom. The van der Waals surface area contributed by atoms with E-state index in [1.54, 1.807) is 18.2 Å². The Morgan fingerprint density at radius 1 is 1.13 bits per heavy atom. The van der Waals surface area contributed by atoms with Gasteiger partial charge in [0, 0.05) is 40.6 Å². The molecule has 202 valence electrons. The second kappa shape index (κ2) is 12.7. The first-order valence-corrected chi connectivity index (χ1v) is 13.3. The van der Waals surface area contributed by atoms with E-state index < -0.39 is 46.3 Å². The summed E-state index contributed by atoms with van der Waals surface area (Å²) in [6.07, 6.45) is 1.72. The third-order valence-electron chi connectivity index (χ3n) is 6.09. The van der Waals surface area contributed by atoms with Gasteiger partial charge in [-0.2, -0.15) is 5.26 Å². The number of carbonyl (C=O) groups excluding carboxylic acids is 1. The highest BCUT2D eigenvalue weighted by Crippen LogP contribution is 2.31. The number of aromatic nitrogens is 1. The van der Waals surface area contributed by atoms with Crippen LogP contribution in [0.4, 0.5) is 13.2 Å². The van der Waals surface area contributed by atoms with Gasteiger partial charge in [0.2, 0.25) is 5.88 Å². The van der Waals surface area contributed by atoms with E-state index in [9.17, 15) is 17.8 Å². The number of hydrogen-bond donors (Lipinski definition) is 0. The maximum absolute atomic E-state index is 15.5. The lowest BCUT2D eigenvalue weighted by Gasteiger charge is -2.31. The van der Waals surface area contributed by atoms with Gasteiger partial charge in [0.25, 0.3) is 5.91 Å². The van der Waals surface area contributed by atoms with Crippen molar-refractivity contribution < 1.29 is 31.6 Å². The molecule has 2 heterocycles. The van der Waals surface area contributed by atoms with E-state index in [0.717, 1.165) is 18.2 Å². The van der Waals surface area contributed by atoms with Crippen molar-refractivity contribution in [3.63, 3.8) is 0 Å². The van der Waals surface area contributed by atoms with Gasteiger partial charge in [0.15, 0.2) is 17.7 Å². The molecular weight excluding hydrogens is 531 g/mol. The van der Waals surface area contributed by atoms with Crippen molar-refractivity contribution in [1.29, 1.82) is 5.26 Å². The summed E-state index contributed by atoms with van der Waals surface area (Å²) in [6, 6.07) is 11.9. The van der Waals surface area contributed by atoms with Crippen molar-refractivity contribution in [2.24, 2.45) is 0 Å². The Hall–Kier alpha value is -4.01. The standard InChI is InChI=1S/C28H24F3N3O4S/c1-37-26-13-18(7-10-33-26)16-34(21-8-12-39(36)17-21)28(35)27(38-11-2-9-32)22-5-3-19(14-24(22)30)20-4-6-23(29)25(31)15-20/h3-8,10,12-15,21,27H,2,11,16-17H2,1H3. The van der Waals surface area contributed by atoms with Crippen molar-refractivity contribution >= 4 is 16.7 Å². The van der Waals surface area contributed by atoms with E-state index in [4.69, 9.17) is 14.7 Å². The normalized spacial score (nSPS) is 17.0. The average Bonchev–Trinajstić information content (AvgIpc) is 3.37. The zero-order valence-electron chi connectivity index (χ0n) is 20.9. The van der Waals surface area contributed by atoms with Gasteiger partial charge >= 0.3 is 0 Å². The predicted molar refractivity (Wildman–Crippen MR) is 138 cm³/mol. The lowest BCUT2D eigenvalue weighted by molar-refractivity contribution is -0.146. The average molecular weight is 556 g/mol. The number of nitriles is 1. The maximum atomic E-state index is 15.5. The highest BCUT2D eigenvalue weighted by molar-refractivity contribution is 7.88. The minimum atomic E-state index is -1.43. The van der Waals surface area contributed by atoms with Gasteiger partial charge in [-0.3, -0.25) is 9.00 Å². The highest BCUT2D eigenvalue weighted by atomic mass is 32.2. The van der Waals surface area contributed by atoms with Crippen LogP contribution < -0.4 is 4.74 Å². The van der Waals surface area contributed by atoms with Crippen LogP contribution in [0.3, 0.4) is 0 Å². The summed E-state index contributed by atoms with van der Waals surface area (Å²) in [6.45, 7) is -0.0722. The number of halogens is 3. The fourth-order valence-electron chi connectivity index (χ4n) is 4.13. The Balaban J connectivity index is 1.70. The number of methoxy groups -OCH3 is 1. The number of amides is 1. The van der Waals surface area contributed by atoms with Crippen molar-refractivity contribution in [2.45, 2.75) is 25.1 Å². The molecule has 3 aromatic rings. The molecule has 1 aliphatic heterocycles. The van der Waals surface area contributed by atoms with Crippen molar-refractivity contribution in [3.05, 3.63) is 94.8 Å². The van der Waals surface area contributed by atoms with Crippen LogP contribution >= 0.6 is 0 Å². The molecule has 2 aromatic carbocycles. The van der Waals surface area contributed by atoms with Crippen LogP contribution in [0.2, 0.25) is 0 Å². The second-order valence-electron chi connectivity index (χ2n) is 8.64. The number of carbonyl (C=O) groups is 1. The predicted octanol–water partition coefficient (Wildman–Crippen LogP) is 4.82. The molecular formula is C28H24F3N3O4S. The molecule has 0 aliphatic carbocycles. The molecule has 0 bridgehead atoms. The number of rotatable bonds is 10. The first-order chi connectivity index (χ1) is 18.8. The molecule has 0 saturated heterocycles. The molecule has 1 aromatic heterocycles. The Labute approximate surface area is 225 Å². The molecule has 39 heavy (non-hydrogen) atoms. The molecule has 0 spiro atoms. The molecule has 3 unspecified atom stereocenters. The first kappa shape index (κ1) is 28.0. The van der Waals surface area contributed by atoms with Gasteiger partial charge in [-0.15, -0.1) is 0 Å². The van der Waals surface area contributed by atoms with Crippen LogP contribution in [0.1, 0.15) is 23.7 Å². The quantitative estimate of drug-likeness (QED) is 0.333. The molecule has 1 aliphatic rings. The van der Waals surface area contributed by atoms with Crippen LogP contribution in [-0.4, -0.2) is 45.5 Å². The van der Waals surface area contributed by atoms with Gasteiger partial charge in [0.1, 0.15) is 5.82 Å². The van der Waals surface area contributed by atoms with Crippen LogP contribution in [0.5, 0.6) is 5.88 Å². The Bertz CT molecular complexity index is 1460. The van der Waals surface area contributed by atoms with Crippen LogP contribution in [0.25, 0.3) is 11.1 Å². The van der Waals surface area contributed by atoms with Crippen molar-refractivity contribution in [3.8, 4) is 23.1 Å². The summed E-state index contributed by atoms with van der Waals surface area (Å²) in [7, 11) is 0.184. The first-order valence-electron chi connectivity index (χ1n) is 11.9. The summed E-state index contributed by atoms with van der Waals surface area (Å²) in [5.41, 5.74) is 1.10. The lowest BCUT2D eigenvalue weighted by atomic mass is 9.99. The lowest BCUT2D eigenvalue weighted by Crippen LogP contribution is -2.43. The number of pyridine rings is 1. The smallest absolute Gasteiger partial charge is 0.257 e. The van der Waals surface area contributed by atoms with E-state index in [2.05, 4.69) is 4.98 Å². The van der Waals surface area contributed by atoms with E-state index in [1.165, 1.54) is 41.8 Å². The highest BCUT2D eigenvalue weighted by Gasteiger charge is 2.34. The van der Waals surface area contributed by atoms with E-state index in [1.807, 2.05) is 6.07 Å². The number of ether oxygens (including phenoxy) is 2. The molecule has 11 heteroatoms. The third kappa shape index (κ3) is 6.71. The van der Waals surface area contributed by atoms with E-state index in [-0.39, 0.29) is 42.0 Å².